The third kappa shape index (κ3) is 2.54. The number of ether oxygens (including phenoxy) is 1. The Kier molecular flexibility index (Phi) is 3.83. The molecule has 0 bridgehead atoms. The van der Waals surface area contributed by atoms with Crippen molar-refractivity contribution in [3.8, 4) is 0 Å². The van der Waals surface area contributed by atoms with E-state index in [1.807, 2.05) is 0 Å². The molecule has 0 spiro atoms. The van der Waals surface area contributed by atoms with Gasteiger partial charge in [-0.3, -0.25) is 0 Å². The molecule has 3 N–H and O–H groups in total. The number of hydrogen-bond acceptors (Lipinski definition) is 4. The fourth-order valence-corrected chi connectivity index (χ4v) is 4.95. The first-order valence-corrected chi connectivity index (χ1v) is 8.68. The molecule has 1 saturated carbocycles. The summed E-state index contributed by atoms with van der Waals surface area (Å²) in [6.45, 7) is 1.93. The Morgan fingerprint density at radius 2 is 1.84 bits per heavy atom. The van der Waals surface area contributed by atoms with Gasteiger partial charge in [0.1, 0.15) is 0 Å². The maximum Gasteiger partial charge on any atom is 0.279 e. The van der Waals surface area contributed by atoms with Crippen molar-refractivity contribution >= 4 is 10.2 Å². The molecule has 1 aliphatic carbocycles. The lowest BCUT2D eigenvalue weighted by atomic mass is 9.73. The van der Waals surface area contributed by atoms with Gasteiger partial charge >= 0.3 is 0 Å². The van der Waals surface area contributed by atoms with E-state index in [1.54, 1.807) is 4.31 Å². The summed E-state index contributed by atoms with van der Waals surface area (Å²) >= 11 is 0. The molecule has 7 heteroatoms. The third-order valence-electron chi connectivity index (χ3n) is 4.64. The SMILES string of the molecule is NC1C2CCOC2C1NS(=O)(=O)N1CCCCCC1. The summed E-state index contributed by atoms with van der Waals surface area (Å²) in [6.07, 6.45) is 5.05. The summed E-state index contributed by atoms with van der Waals surface area (Å²) in [5.41, 5.74) is 6.05. The summed E-state index contributed by atoms with van der Waals surface area (Å²) < 4.78 is 34.7. The van der Waals surface area contributed by atoms with Crippen LogP contribution < -0.4 is 10.5 Å². The molecule has 0 amide bonds. The Morgan fingerprint density at radius 1 is 1.16 bits per heavy atom. The summed E-state index contributed by atoms with van der Waals surface area (Å²) in [6, 6.07) is -0.352. The number of hydrogen-bond donors (Lipinski definition) is 2. The Bertz CT molecular complexity index is 420. The van der Waals surface area contributed by atoms with Gasteiger partial charge in [0.05, 0.1) is 12.1 Å². The molecule has 4 atom stereocenters. The Labute approximate surface area is 114 Å². The first-order chi connectivity index (χ1) is 9.09. The zero-order chi connectivity index (χ0) is 13.5. The summed E-state index contributed by atoms with van der Waals surface area (Å²) in [5.74, 6) is 0.330. The predicted octanol–water partition coefficient (Wildman–Crippen LogP) is -0.189. The monoisotopic (exact) mass is 289 g/mol. The number of nitrogens with zero attached hydrogens (tertiary/aromatic N) is 1. The van der Waals surface area contributed by atoms with Gasteiger partial charge in [0.15, 0.2) is 0 Å². The Morgan fingerprint density at radius 3 is 2.53 bits per heavy atom. The van der Waals surface area contributed by atoms with E-state index in [0.29, 0.717) is 25.6 Å². The van der Waals surface area contributed by atoms with Gasteiger partial charge in [-0.05, 0) is 19.3 Å². The minimum absolute atomic E-state index is 0.0169. The molecule has 19 heavy (non-hydrogen) atoms. The first-order valence-electron chi connectivity index (χ1n) is 7.24. The van der Waals surface area contributed by atoms with Crippen LogP contribution in [-0.4, -0.2) is 50.6 Å². The van der Waals surface area contributed by atoms with Gasteiger partial charge < -0.3 is 10.5 Å². The van der Waals surface area contributed by atoms with Crippen LogP contribution in [0.3, 0.4) is 0 Å². The molecule has 0 radical (unpaired) electrons. The largest absolute Gasteiger partial charge is 0.376 e. The lowest BCUT2D eigenvalue weighted by Crippen LogP contribution is -2.69. The lowest BCUT2D eigenvalue weighted by molar-refractivity contribution is -0.00981. The molecule has 2 aliphatic heterocycles. The molecule has 0 aromatic heterocycles. The summed E-state index contributed by atoms with van der Waals surface area (Å²) in [4.78, 5) is 0. The van der Waals surface area contributed by atoms with Gasteiger partial charge in [-0.25, -0.2) is 0 Å². The summed E-state index contributed by atoms with van der Waals surface area (Å²) in [5, 5.41) is 0. The third-order valence-corrected chi connectivity index (χ3v) is 6.25. The number of fused-ring (bicyclic) bond motifs is 1. The van der Waals surface area contributed by atoms with E-state index in [0.717, 1.165) is 32.1 Å². The van der Waals surface area contributed by atoms with Crippen LogP contribution in [0, 0.1) is 5.92 Å². The van der Waals surface area contributed by atoms with Crippen molar-refractivity contribution in [3.63, 3.8) is 0 Å². The average molecular weight is 289 g/mol. The fraction of sp³-hybridized carbons (Fsp3) is 1.00. The van der Waals surface area contributed by atoms with Gasteiger partial charge in [0.25, 0.3) is 10.2 Å². The maximum atomic E-state index is 12.4. The van der Waals surface area contributed by atoms with Crippen molar-refractivity contribution in [3.05, 3.63) is 0 Å². The van der Waals surface area contributed by atoms with Gasteiger partial charge in [-0.1, -0.05) is 12.8 Å². The molecule has 0 aromatic rings. The van der Waals surface area contributed by atoms with Crippen LogP contribution in [0.15, 0.2) is 0 Å². The van der Waals surface area contributed by atoms with Gasteiger partial charge in [-0.15, -0.1) is 0 Å². The quantitative estimate of drug-likeness (QED) is 0.754. The van der Waals surface area contributed by atoms with Crippen molar-refractivity contribution < 1.29 is 13.2 Å². The second-order valence-corrected chi connectivity index (χ2v) is 7.53. The molecule has 110 valence electrons. The zero-order valence-electron chi connectivity index (χ0n) is 11.1. The van der Waals surface area contributed by atoms with E-state index in [9.17, 15) is 8.42 Å². The molecule has 3 fully saturated rings. The van der Waals surface area contributed by atoms with Gasteiger partial charge in [0.2, 0.25) is 0 Å². The predicted molar refractivity (Wildman–Crippen MR) is 71.7 cm³/mol. The van der Waals surface area contributed by atoms with Crippen LogP contribution in [-0.2, 0) is 14.9 Å². The highest BCUT2D eigenvalue weighted by Gasteiger charge is 2.53. The highest BCUT2D eigenvalue weighted by Crippen LogP contribution is 2.38. The normalized spacial score (nSPS) is 40.5. The fourth-order valence-electron chi connectivity index (χ4n) is 3.42. The van der Waals surface area contributed by atoms with Crippen LogP contribution in [0.2, 0.25) is 0 Å². The molecule has 4 unspecified atom stereocenters. The van der Waals surface area contributed by atoms with E-state index in [-0.39, 0.29) is 18.2 Å². The molecule has 2 saturated heterocycles. The smallest absolute Gasteiger partial charge is 0.279 e. The second-order valence-electron chi connectivity index (χ2n) is 5.83. The molecular weight excluding hydrogens is 266 g/mol. The first kappa shape index (κ1) is 13.8. The minimum Gasteiger partial charge on any atom is -0.376 e. The van der Waals surface area contributed by atoms with E-state index in [2.05, 4.69) is 4.72 Å². The summed E-state index contributed by atoms with van der Waals surface area (Å²) in [7, 11) is -3.41. The maximum absolute atomic E-state index is 12.4. The van der Waals surface area contributed by atoms with E-state index in [4.69, 9.17) is 10.5 Å². The number of nitrogens with two attached hydrogens (primary N) is 1. The van der Waals surface area contributed by atoms with Crippen LogP contribution in [0.5, 0.6) is 0 Å². The Hall–Kier alpha value is -0.210. The van der Waals surface area contributed by atoms with E-state index in [1.165, 1.54) is 0 Å². The highest BCUT2D eigenvalue weighted by molar-refractivity contribution is 7.87. The molecule has 6 nitrogen and oxygen atoms in total. The van der Waals surface area contributed by atoms with Crippen LogP contribution in [0.1, 0.15) is 32.1 Å². The highest BCUT2D eigenvalue weighted by atomic mass is 32.2. The second kappa shape index (κ2) is 5.29. The van der Waals surface area contributed by atoms with E-state index < -0.39 is 10.2 Å². The Balaban J connectivity index is 1.64. The molecule has 3 rings (SSSR count). The zero-order valence-corrected chi connectivity index (χ0v) is 11.9. The molecule has 2 heterocycles. The molecular formula is C12H23N3O3S. The molecule has 0 aromatic carbocycles. The molecule has 3 aliphatic rings. The minimum atomic E-state index is -3.41. The number of rotatable bonds is 3. The van der Waals surface area contributed by atoms with Crippen molar-refractivity contribution in [1.29, 1.82) is 0 Å². The van der Waals surface area contributed by atoms with Crippen molar-refractivity contribution in [1.82, 2.24) is 9.03 Å². The van der Waals surface area contributed by atoms with Crippen molar-refractivity contribution in [2.75, 3.05) is 19.7 Å². The van der Waals surface area contributed by atoms with Crippen LogP contribution in [0.25, 0.3) is 0 Å². The van der Waals surface area contributed by atoms with Crippen LogP contribution in [0.4, 0.5) is 0 Å². The van der Waals surface area contributed by atoms with Crippen LogP contribution >= 0.6 is 0 Å². The average Bonchev–Trinajstić information content (AvgIpc) is 2.62. The van der Waals surface area contributed by atoms with E-state index >= 15 is 0 Å². The number of nitrogens with one attached hydrogen (secondary N) is 1. The van der Waals surface area contributed by atoms with Gasteiger partial charge in [-0.2, -0.15) is 17.4 Å². The van der Waals surface area contributed by atoms with Crippen molar-refractivity contribution in [2.45, 2.75) is 50.3 Å². The van der Waals surface area contributed by atoms with Crippen molar-refractivity contribution in [2.24, 2.45) is 11.7 Å². The topological polar surface area (TPSA) is 84.7 Å². The lowest BCUT2D eigenvalue weighted by Gasteiger charge is -2.45. The standard InChI is InChI=1S/C12H23N3O3S/c13-10-9-5-8-18-12(9)11(10)14-19(16,17)15-6-3-1-2-4-7-15/h9-12,14H,1-8,13H2. The van der Waals surface area contributed by atoms with Gasteiger partial charge in [0, 0.05) is 31.7 Å².